The van der Waals surface area contributed by atoms with Crippen LogP contribution in [0.4, 0.5) is 5.69 Å². The van der Waals surface area contributed by atoms with E-state index in [0.717, 1.165) is 33.8 Å². The number of carbonyl (C=O) groups excluding carboxylic acids is 2. The monoisotopic (exact) mass is 349 g/mol. The Morgan fingerprint density at radius 3 is 2.62 bits per heavy atom. The number of benzene rings is 1. The number of aryl methyl sites for hydroxylation is 3. The highest BCUT2D eigenvalue weighted by atomic mass is 16.2. The fraction of sp³-hybridized carbons (Fsp3) is 0.286. The predicted molar refractivity (Wildman–Crippen MR) is 102 cm³/mol. The largest absolute Gasteiger partial charge is 0.324 e. The fourth-order valence-corrected chi connectivity index (χ4v) is 3.49. The third kappa shape index (κ3) is 3.52. The maximum absolute atomic E-state index is 12.7. The average molecular weight is 349 g/mol. The van der Waals surface area contributed by atoms with Gasteiger partial charge in [0.15, 0.2) is 0 Å². The van der Waals surface area contributed by atoms with E-state index in [-0.39, 0.29) is 24.3 Å². The lowest BCUT2D eigenvalue weighted by atomic mass is 9.93. The first-order valence-corrected chi connectivity index (χ1v) is 8.67. The Bertz CT molecular complexity index is 879. The lowest BCUT2D eigenvalue weighted by molar-refractivity contribution is -0.129. The Labute approximate surface area is 153 Å². The molecule has 134 valence electrons. The second-order valence-electron chi connectivity index (χ2n) is 6.68. The van der Waals surface area contributed by atoms with Crippen molar-refractivity contribution in [1.82, 2.24) is 9.88 Å². The summed E-state index contributed by atoms with van der Waals surface area (Å²) in [6.45, 7) is 7.29. The number of carbonyl (C=O) groups is 2. The van der Waals surface area contributed by atoms with Crippen molar-refractivity contribution in [2.45, 2.75) is 40.2 Å². The standard InChI is InChI=1S/C21H23N3O2/c1-13-11-14(2)22-15(3)21(13)23-20(26)12-19-18-8-6-5-7-17(18)9-10-24(19)16(4)25/h5-11,19H,12H2,1-4H3,(H,23,26). The topological polar surface area (TPSA) is 62.3 Å². The number of aromatic nitrogens is 1. The number of hydrogen-bond acceptors (Lipinski definition) is 3. The van der Waals surface area contributed by atoms with Crippen LogP contribution in [0.1, 0.15) is 47.5 Å². The Kier molecular flexibility index (Phi) is 4.89. The zero-order chi connectivity index (χ0) is 18.8. The van der Waals surface area contributed by atoms with E-state index in [2.05, 4.69) is 10.3 Å². The normalized spacial score (nSPS) is 15.5. The molecular formula is C21H23N3O2. The third-order valence-corrected chi connectivity index (χ3v) is 4.64. The summed E-state index contributed by atoms with van der Waals surface area (Å²) in [5.74, 6) is -0.221. The summed E-state index contributed by atoms with van der Waals surface area (Å²) in [6, 6.07) is 9.48. The maximum Gasteiger partial charge on any atom is 0.226 e. The number of rotatable bonds is 3. The molecule has 0 radical (unpaired) electrons. The van der Waals surface area contributed by atoms with E-state index in [1.165, 1.54) is 6.92 Å². The SMILES string of the molecule is CC(=O)N1C=Cc2ccccc2C1CC(=O)Nc1c(C)cc(C)nc1C. The first-order chi connectivity index (χ1) is 12.4. The molecule has 1 aliphatic heterocycles. The van der Waals surface area contributed by atoms with Gasteiger partial charge in [-0.05, 0) is 49.6 Å². The quantitative estimate of drug-likeness (QED) is 0.914. The highest BCUT2D eigenvalue weighted by Crippen LogP contribution is 2.33. The summed E-state index contributed by atoms with van der Waals surface area (Å²) in [5, 5.41) is 2.98. The summed E-state index contributed by atoms with van der Waals surface area (Å²) in [4.78, 5) is 30.8. The van der Waals surface area contributed by atoms with Gasteiger partial charge in [0.25, 0.3) is 0 Å². The van der Waals surface area contributed by atoms with Gasteiger partial charge in [0, 0.05) is 18.8 Å². The van der Waals surface area contributed by atoms with Gasteiger partial charge < -0.3 is 10.2 Å². The van der Waals surface area contributed by atoms with E-state index in [4.69, 9.17) is 0 Å². The van der Waals surface area contributed by atoms with Crippen molar-refractivity contribution in [3.8, 4) is 0 Å². The first-order valence-electron chi connectivity index (χ1n) is 8.67. The molecule has 2 heterocycles. The smallest absolute Gasteiger partial charge is 0.226 e. The minimum Gasteiger partial charge on any atom is -0.324 e. The summed E-state index contributed by atoms with van der Waals surface area (Å²) in [7, 11) is 0. The first kappa shape index (κ1) is 17.9. The van der Waals surface area contributed by atoms with Gasteiger partial charge >= 0.3 is 0 Å². The van der Waals surface area contributed by atoms with Crippen LogP contribution in [0.3, 0.4) is 0 Å². The van der Waals surface area contributed by atoms with Crippen LogP contribution in [-0.2, 0) is 9.59 Å². The Morgan fingerprint density at radius 2 is 1.92 bits per heavy atom. The molecule has 26 heavy (non-hydrogen) atoms. The molecular weight excluding hydrogens is 326 g/mol. The van der Waals surface area contributed by atoms with Gasteiger partial charge in [-0.25, -0.2) is 0 Å². The van der Waals surface area contributed by atoms with Crippen LogP contribution < -0.4 is 5.32 Å². The molecule has 2 amide bonds. The van der Waals surface area contributed by atoms with E-state index in [0.29, 0.717) is 0 Å². The fourth-order valence-electron chi connectivity index (χ4n) is 3.49. The molecule has 0 fully saturated rings. The molecule has 0 saturated heterocycles. The van der Waals surface area contributed by atoms with Crippen molar-refractivity contribution in [2.24, 2.45) is 0 Å². The summed E-state index contributed by atoms with van der Waals surface area (Å²) in [5.41, 5.74) is 5.46. The van der Waals surface area contributed by atoms with Crippen LogP contribution in [0.15, 0.2) is 36.5 Å². The predicted octanol–water partition coefficient (Wildman–Crippen LogP) is 3.91. The second kappa shape index (κ2) is 7.12. The van der Waals surface area contributed by atoms with Crippen LogP contribution in [0.2, 0.25) is 0 Å². The number of amides is 2. The molecule has 1 aromatic carbocycles. The zero-order valence-corrected chi connectivity index (χ0v) is 15.5. The van der Waals surface area contributed by atoms with Gasteiger partial charge in [0.2, 0.25) is 11.8 Å². The van der Waals surface area contributed by atoms with E-state index < -0.39 is 0 Å². The Balaban J connectivity index is 1.85. The van der Waals surface area contributed by atoms with E-state index in [1.54, 1.807) is 11.1 Å². The number of fused-ring (bicyclic) bond motifs is 1. The Morgan fingerprint density at radius 1 is 1.19 bits per heavy atom. The van der Waals surface area contributed by atoms with Gasteiger partial charge in [-0.1, -0.05) is 24.3 Å². The lowest BCUT2D eigenvalue weighted by Gasteiger charge is -2.32. The highest BCUT2D eigenvalue weighted by Gasteiger charge is 2.28. The number of pyridine rings is 1. The Hall–Kier alpha value is -2.95. The minimum absolute atomic E-state index is 0.0853. The molecule has 1 unspecified atom stereocenters. The van der Waals surface area contributed by atoms with Gasteiger partial charge in [0.1, 0.15) is 0 Å². The van der Waals surface area contributed by atoms with Gasteiger partial charge in [-0.3, -0.25) is 14.6 Å². The van der Waals surface area contributed by atoms with E-state index >= 15 is 0 Å². The van der Waals surface area contributed by atoms with Crippen molar-refractivity contribution in [3.63, 3.8) is 0 Å². The van der Waals surface area contributed by atoms with Gasteiger partial charge in [0.05, 0.1) is 23.8 Å². The molecule has 3 rings (SSSR count). The molecule has 0 spiro atoms. The molecule has 0 bridgehead atoms. The summed E-state index contributed by atoms with van der Waals surface area (Å²) in [6.07, 6.45) is 3.85. The van der Waals surface area contributed by atoms with Crippen LogP contribution in [0.25, 0.3) is 6.08 Å². The highest BCUT2D eigenvalue weighted by molar-refractivity contribution is 5.93. The van der Waals surface area contributed by atoms with Crippen LogP contribution >= 0.6 is 0 Å². The van der Waals surface area contributed by atoms with Crippen molar-refractivity contribution in [1.29, 1.82) is 0 Å². The van der Waals surface area contributed by atoms with Gasteiger partial charge in [-0.15, -0.1) is 0 Å². The van der Waals surface area contributed by atoms with Crippen molar-refractivity contribution in [3.05, 3.63) is 64.6 Å². The molecule has 1 N–H and O–H groups in total. The number of nitrogens with one attached hydrogen (secondary N) is 1. The van der Waals surface area contributed by atoms with Crippen molar-refractivity contribution >= 4 is 23.6 Å². The lowest BCUT2D eigenvalue weighted by Crippen LogP contribution is -2.33. The number of nitrogens with zero attached hydrogens (tertiary/aromatic N) is 2. The van der Waals surface area contributed by atoms with Crippen LogP contribution in [0.5, 0.6) is 0 Å². The van der Waals surface area contributed by atoms with E-state index in [9.17, 15) is 9.59 Å². The molecule has 5 nitrogen and oxygen atoms in total. The average Bonchev–Trinajstić information content (AvgIpc) is 2.58. The molecule has 1 atom stereocenters. The summed E-state index contributed by atoms with van der Waals surface area (Å²) >= 11 is 0. The molecule has 1 aliphatic rings. The molecule has 2 aromatic rings. The van der Waals surface area contributed by atoms with Crippen LogP contribution in [0, 0.1) is 20.8 Å². The van der Waals surface area contributed by atoms with E-state index in [1.807, 2.05) is 57.2 Å². The summed E-state index contributed by atoms with van der Waals surface area (Å²) < 4.78 is 0. The van der Waals surface area contributed by atoms with Crippen molar-refractivity contribution < 1.29 is 9.59 Å². The second-order valence-corrected chi connectivity index (χ2v) is 6.68. The number of anilines is 1. The molecule has 1 aromatic heterocycles. The zero-order valence-electron chi connectivity index (χ0n) is 15.5. The molecule has 5 heteroatoms. The van der Waals surface area contributed by atoms with Crippen LogP contribution in [-0.4, -0.2) is 21.7 Å². The maximum atomic E-state index is 12.7. The minimum atomic E-state index is -0.312. The molecule has 0 saturated carbocycles. The number of hydrogen-bond donors (Lipinski definition) is 1. The van der Waals surface area contributed by atoms with Crippen molar-refractivity contribution in [2.75, 3.05) is 5.32 Å². The molecule has 0 aliphatic carbocycles. The van der Waals surface area contributed by atoms with Gasteiger partial charge in [-0.2, -0.15) is 0 Å². The third-order valence-electron chi connectivity index (χ3n) is 4.64.